The first-order valence-corrected chi connectivity index (χ1v) is 18.9. The minimum Gasteiger partial charge on any atom is -0.344 e. The van der Waals surface area contributed by atoms with Gasteiger partial charge < -0.3 is 5.32 Å². The molecule has 3 heterocycles. The first-order chi connectivity index (χ1) is 26.6. The molecule has 260 valence electrons. The van der Waals surface area contributed by atoms with Gasteiger partial charge in [0.15, 0.2) is 5.84 Å². The number of rotatable bonds is 5. The Morgan fingerprint density at radius 2 is 1.39 bits per heavy atom. The highest BCUT2D eigenvalue weighted by Crippen LogP contribution is 2.41. The average molecular weight is 698 g/mol. The number of aryl methyl sites for hydroxylation is 3. The molecular formula is C49H39N5. The lowest BCUT2D eigenvalue weighted by molar-refractivity contribution is 0.671. The summed E-state index contributed by atoms with van der Waals surface area (Å²) in [6.07, 6.45) is 12.7. The average Bonchev–Trinajstić information content (AvgIpc) is 3.23. The van der Waals surface area contributed by atoms with Crippen LogP contribution in [-0.2, 0) is 6.42 Å². The van der Waals surface area contributed by atoms with Crippen LogP contribution in [0.3, 0.4) is 0 Å². The molecule has 3 aliphatic rings. The van der Waals surface area contributed by atoms with Gasteiger partial charge in [-0.25, -0.2) is 15.0 Å². The van der Waals surface area contributed by atoms with Gasteiger partial charge in [0.2, 0.25) is 0 Å². The number of amidine groups is 2. The second-order valence-electron chi connectivity index (χ2n) is 14.6. The number of nitrogens with one attached hydrogen (secondary N) is 1. The van der Waals surface area contributed by atoms with Crippen LogP contribution < -0.4 is 5.32 Å². The number of hydrogen-bond acceptors (Lipinski definition) is 5. The van der Waals surface area contributed by atoms with Gasteiger partial charge in [-0.15, -0.1) is 0 Å². The van der Waals surface area contributed by atoms with Crippen molar-refractivity contribution in [1.82, 2.24) is 15.3 Å². The van der Waals surface area contributed by atoms with Crippen molar-refractivity contribution in [3.63, 3.8) is 0 Å². The monoisotopic (exact) mass is 697 g/mol. The standard InChI is InChI=1S/C49H39N5/c1-30-16-27-39(31(2)50-30)34-17-21-37(22-18-34)48-52-47(36-12-4-3-5-13-36)53-49(54-48)38-23-19-35(20-24-38)44-42-28-25-32-10-6-8-14-40(32)45(42)51-46-41-15-9-7-11-33(41)26-29-43(44)46/h3-8,10-14,16-19,21-23,25-29,47H,9,15,20,24H2,1-2H3,(H,52,53,54). The zero-order valence-corrected chi connectivity index (χ0v) is 30.5. The summed E-state index contributed by atoms with van der Waals surface area (Å²) in [4.78, 5) is 20.5. The van der Waals surface area contributed by atoms with Gasteiger partial charge in [-0.2, -0.15) is 0 Å². The van der Waals surface area contributed by atoms with Gasteiger partial charge in [0.1, 0.15) is 12.0 Å². The number of nitrogens with zero attached hydrogens (tertiary/aromatic N) is 4. The van der Waals surface area contributed by atoms with E-state index in [2.05, 4.69) is 151 Å². The first kappa shape index (κ1) is 32.2. The molecule has 2 aliphatic carbocycles. The molecule has 54 heavy (non-hydrogen) atoms. The summed E-state index contributed by atoms with van der Waals surface area (Å²) in [5.74, 6) is 1.61. The van der Waals surface area contributed by atoms with Crippen LogP contribution >= 0.6 is 0 Å². The van der Waals surface area contributed by atoms with E-state index in [1.165, 1.54) is 49.4 Å². The SMILES string of the molecule is Cc1ccc(-c2ccc(C3=NC(c4ccccc4)NC(C4=CC=C(c5c6ccc7c(c6nc6c5ccc5ccccc56)CCC=C7)CC4)=N3)cc2)c(C)n1. The summed E-state index contributed by atoms with van der Waals surface area (Å²) in [6.45, 7) is 4.10. The van der Waals surface area contributed by atoms with Crippen molar-refractivity contribution in [3.05, 3.63) is 178 Å². The van der Waals surface area contributed by atoms with Gasteiger partial charge in [-0.05, 0) is 89.9 Å². The lowest BCUT2D eigenvalue weighted by atomic mass is 9.85. The molecular weight excluding hydrogens is 659 g/mol. The lowest BCUT2D eigenvalue weighted by Gasteiger charge is -2.26. The normalized spacial score (nSPS) is 16.7. The maximum absolute atomic E-state index is 5.45. The third-order valence-electron chi connectivity index (χ3n) is 11.2. The van der Waals surface area contributed by atoms with Crippen molar-refractivity contribution in [3.8, 4) is 11.1 Å². The number of benzene rings is 5. The van der Waals surface area contributed by atoms with E-state index in [1.807, 2.05) is 13.0 Å². The van der Waals surface area contributed by atoms with Gasteiger partial charge in [-0.1, -0.05) is 133 Å². The number of hydrogen-bond donors (Lipinski definition) is 1. The van der Waals surface area contributed by atoms with Gasteiger partial charge in [0, 0.05) is 38.7 Å². The molecule has 0 radical (unpaired) electrons. The van der Waals surface area contributed by atoms with Crippen LogP contribution in [0.5, 0.6) is 0 Å². The second kappa shape index (κ2) is 13.2. The summed E-state index contributed by atoms with van der Waals surface area (Å²) in [6, 6.07) is 41.0. The Labute approximate surface area is 315 Å². The second-order valence-corrected chi connectivity index (χ2v) is 14.6. The zero-order chi connectivity index (χ0) is 36.2. The van der Waals surface area contributed by atoms with Crippen LogP contribution in [-0.4, -0.2) is 21.6 Å². The molecule has 1 unspecified atom stereocenters. The third-order valence-corrected chi connectivity index (χ3v) is 11.2. The van der Waals surface area contributed by atoms with Crippen LogP contribution in [0.1, 0.15) is 64.6 Å². The molecule has 10 rings (SSSR count). The van der Waals surface area contributed by atoms with Crippen LogP contribution in [0.4, 0.5) is 0 Å². The van der Waals surface area contributed by atoms with E-state index in [-0.39, 0.29) is 6.17 Å². The van der Waals surface area contributed by atoms with E-state index in [0.717, 1.165) is 82.0 Å². The van der Waals surface area contributed by atoms with Crippen molar-refractivity contribution >= 4 is 55.9 Å². The van der Waals surface area contributed by atoms with Gasteiger partial charge in [0.05, 0.1) is 11.0 Å². The van der Waals surface area contributed by atoms with Gasteiger partial charge in [-0.3, -0.25) is 4.98 Å². The summed E-state index contributed by atoms with van der Waals surface area (Å²) >= 11 is 0. The molecule has 0 bridgehead atoms. The maximum Gasteiger partial charge on any atom is 0.159 e. The van der Waals surface area contributed by atoms with E-state index in [0.29, 0.717) is 0 Å². The van der Waals surface area contributed by atoms with E-state index in [9.17, 15) is 0 Å². The molecule has 0 saturated carbocycles. The number of allylic oxidation sites excluding steroid dienone is 4. The Kier molecular flexibility index (Phi) is 7.87. The maximum atomic E-state index is 5.45. The molecule has 1 N–H and O–H groups in total. The van der Waals surface area contributed by atoms with Gasteiger partial charge in [0.25, 0.3) is 0 Å². The third kappa shape index (κ3) is 5.64. The molecule has 0 saturated heterocycles. The van der Waals surface area contributed by atoms with Crippen LogP contribution in [0, 0.1) is 13.8 Å². The molecule has 5 aromatic carbocycles. The largest absolute Gasteiger partial charge is 0.344 e. The quantitative estimate of drug-likeness (QED) is 0.144. The highest BCUT2D eigenvalue weighted by Gasteiger charge is 2.25. The molecule has 1 atom stereocenters. The first-order valence-electron chi connectivity index (χ1n) is 18.9. The molecule has 5 heteroatoms. The van der Waals surface area contributed by atoms with Crippen molar-refractivity contribution in [2.75, 3.05) is 0 Å². The summed E-state index contributed by atoms with van der Waals surface area (Å²) < 4.78 is 0. The van der Waals surface area contributed by atoms with Crippen molar-refractivity contribution in [2.45, 2.75) is 45.7 Å². The van der Waals surface area contributed by atoms with Gasteiger partial charge >= 0.3 is 0 Å². The van der Waals surface area contributed by atoms with E-state index in [1.54, 1.807) is 0 Å². The number of pyridine rings is 2. The Morgan fingerprint density at radius 1 is 0.630 bits per heavy atom. The Morgan fingerprint density at radius 3 is 2.22 bits per heavy atom. The minimum absolute atomic E-state index is 0.246. The molecule has 0 fully saturated rings. The number of fused-ring (bicyclic) bond motifs is 6. The Bertz CT molecular complexity index is 2800. The fourth-order valence-electron chi connectivity index (χ4n) is 8.40. The van der Waals surface area contributed by atoms with E-state index < -0.39 is 0 Å². The fraction of sp³-hybridized carbons (Fsp3) is 0.143. The highest BCUT2D eigenvalue weighted by atomic mass is 15.2. The zero-order valence-electron chi connectivity index (χ0n) is 30.5. The Balaban J connectivity index is 1.07. The molecule has 2 aromatic heterocycles. The highest BCUT2D eigenvalue weighted by molar-refractivity contribution is 6.16. The van der Waals surface area contributed by atoms with Crippen LogP contribution in [0.15, 0.2) is 149 Å². The Hall–Kier alpha value is -6.46. The summed E-state index contributed by atoms with van der Waals surface area (Å²) in [5.41, 5.74) is 15.1. The molecule has 0 amide bonds. The fourth-order valence-corrected chi connectivity index (χ4v) is 8.40. The van der Waals surface area contributed by atoms with Crippen molar-refractivity contribution in [2.24, 2.45) is 9.98 Å². The lowest BCUT2D eigenvalue weighted by Crippen LogP contribution is -2.34. The summed E-state index contributed by atoms with van der Waals surface area (Å²) in [7, 11) is 0. The summed E-state index contributed by atoms with van der Waals surface area (Å²) in [5, 5.41) is 8.57. The molecule has 0 spiro atoms. The van der Waals surface area contributed by atoms with Crippen molar-refractivity contribution < 1.29 is 0 Å². The van der Waals surface area contributed by atoms with E-state index >= 15 is 0 Å². The van der Waals surface area contributed by atoms with Crippen molar-refractivity contribution in [1.29, 1.82) is 0 Å². The smallest absolute Gasteiger partial charge is 0.159 e. The molecule has 1 aliphatic heterocycles. The number of aliphatic imine (C=N–C) groups is 2. The minimum atomic E-state index is -0.246. The van der Waals surface area contributed by atoms with E-state index in [4.69, 9.17) is 15.0 Å². The topological polar surface area (TPSA) is 62.5 Å². The van der Waals surface area contributed by atoms with Crippen LogP contribution in [0.2, 0.25) is 0 Å². The predicted octanol–water partition coefficient (Wildman–Crippen LogP) is 11.4. The molecule has 5 nitrogen and oxygen atoms in total. The number of aromatic nitrogens is 2. The van der Waals surface area contributed by atoms with Crippen LogP contribution in [0.25, 0.3) is 55.4 Å². The molecule has 7 aromatic rings. The predicted molar refractivity (Wildman–Crippen MR) is 225 cm³/mol.